The Morgan fingerprint density at radius 1 is 0.531 bits per heavy atom. The minimum absolute atomic E-state index is 0.264. The molecule has 6 rings (SSSR count). The van der Waals surface area contributed by atoms with E-state index in [1.807, 2.05) is 60.7 Å². The second kappa shape index (κ2) is 7.51. The van der Waals surface area contributed by atoms with Gasteiger partial charge in [0.05, 0.1) is 5.56 Å². The molecule has 0 aliphatic carbocycles. The summed E-state index contributed by atoms with van der Waals surface area (Å²) in [6, 6.07) is 39.2. The fourth-order valence-corrected chi connectivity index (χ4v) is 4.65. The predicted molar refractivity (Wildman–Crippen MR) is 129 cm³/mol. The largest absolute Gasteiger partial charge is 0.449 e. The van der Waals surface area contributed by atoms with Crippen LogP contribution in [0.1, 0.15) is 27.6 Å². The standard InChI is InChI=1S/C30H20O2/c31-30-28-19-26-24(21-12-6-2-7-13-21)17-16-23(20-10-4-1-5-11-20)25(26)18-27(28)29(32-30)22-14-8-3-9-15-22/h1-19,29H/t29-/m1/s1. The number of rotatable bonds is 3. The Balaban J connectivity index is 1.65. The topological polar surface area (TPSA) is 26.3 Å². The van der Waals surface area contributed by atoms with Crippen molar-refractivity contribution in [3.63, 3.8) is 0 Å². The Morgan fingerprint density at radius 3 is 1.59 bits per heavy atom. The molecule has 1 aliphatic rings. The molecule has 1 heterocycles. The minimum atomic E-state index is -0.382. The van der Waals surface area contributed by atoms with Crippen LogP contribution in [-0.2, 0) is 4.74 Å². The summed E-state index contributed by atoms with van der Waals surface area (Å²) in [5.41, 5.74) is 7.10. The van der Waals surface area contributed by atoms with E-state index in [0.29, 0.717) is 5.56 Å². The van der Waals surface area contributed by atoms with Gasteiger partial charge < -0.3 is 4.74 Å². The molecule has 1 aliphatic heterocycles. The van der Waals surface area contributed by atoms with E-state index in [0.717, 1.165) is 44.2 Å². The lowest BCUT2D eigenvalue weighted by Gasteiger charge is -2.15. The number of cyclic esters (lactones) is 1. The SMILES string of the molecule is O=C1O[C@H](c2ccccc2)c2cc3c(-c4ccccc4)ccc(-c4ccccc4)c3cc21. The van der Waals surface area contributed by atoms with Gasteiger partial charge in [0, 0.05) is 5.56 Å². The number of carbonyl (C=O) groups is 1. The van der Waals surface area contributed by atoms with E-state index in [1.54, 1.807) is 0 Å². The highest BCUT2D eigenvalue weighted by Crippen LogP contribution is 2.43. The first-order valence-electron chi connectivity index (χ1n) is 10.8. The van der Waals surface area contributed by atoms with Gasteiger partial charge in [-0.2, -0.15) is 0 Å². The van der Waals surface area contributed by atoms with Gasteiger partial charge in [0.25, 0.3) is 0 Å². The maximum absolute atomic E-state index is 12.9. The van der Waals surface area contributed by atoms with E-state index >= 15 is 0 Å². The number of fused-ring (bicyclic) bond motifs is 2. The third-order valence-corrected chi connectivity index (χ3v) is 6.19. The van der Waals surface area contributed by atoms with Crippen LogP contribution < -0.4 is 0 Å². The lowest BCUT2D eigenvalue weighted by atomic mass is 9.88. The van der Waals surface area contributed by atoms with E-state index in [9.17, 15) is 4.79 Å². The Hall–Kier alpha value is -4.17. The van der Waals surface area contributed by atoms with Gasteiger partial charge in [-0.3, -0.25) is 0 Å². The Bertz CT molecular complexity index is 1440. The normalized spacial score (nSPS) is 14.9. The van der Waals surface area contributed by atoms with Crippen molar-refractivity contribution in [2.45, 2.75) is 6.10 Å². The van der Waals surface area contributed by atoms with Crippen molar-refractivity contribution < 1.29 is 9.53 Å². The molecule has 0 unspecified atom stereocenters. The van der Waals surface area contributed by atoms with Gasteiger partial charge in [0.15, 0.2) is 6.10 Å². The molecule has 0 aromatic heterocycles. The molecule has 0 fully saturated rings. The van der Waals surface area contributed by atoms with Crippen molar-refractivity contribution >= 4 is 16.7 Å². The zero-order valence-electron chi connectivity index (χ0n) is 17.4. The van der Waals surface area contributed by atoms with Crippen LogP contribution in [-0.4, -0.2) is 5.97 Å². The van der Waals surface area contributed by atoms with Crippen molar-refractivity contribution in [2.24, 2.45) is 0 Å². The van der Waals surface area contributed by atoms with Crippen LogP contribution >= 0.6 is 0 Å². The summed E-state index contributed by atoms with van der Waals surface area (Å²) in [7, 11) is 0. The summed E-state index contributed by atoms with van der Waals surface area (Å²) in [6.45, 7) is 0. The van der Waals surface area contributed by atoms with Crippen LogP contribution in [0.2, 0.25) is 0 Å². The van der Waals surface area contributed by atoms with Crippen molar-refractivity contribution in [3.8, 4) is 22.3 Å². The fourth-order valence-electron chi connectivity index (χ4n) is 4.65. The smallest absolute Gasteiger partial charge is 0.339 e. The van der Waals surface area contributed by atoms with Crippen LogP contribution in [0.25, 0.3) is 33.0 Å². The molecule has 152 valence electrons. The molecule has 1 atom stereocenters. The molecule has 5 aromatic carbocycles. The fraction of sp³-hybridized carbons (Fsp3) is 0.0333. The van der Waals surface area contributed by atoms with E-state index in [4.69, 9.17) is 4.74 Å². The lowest BCUT2D eigenvalue weighted by Crippen LogP contribution is -2.00. The zero-order chi connectivity index (χ0) is 21.5. The number of carbonyl (C=O) groups excluding carboxylic acids is 1. The van der Waals surface area contributed by atoms with Gasteiger partial charge in [-0.05, 0) is 50.7 Å². The summed E-state index contributed by atoms with van der Waals surface area (Å²) < 4.78 is 5.84. The monoisotopic (exact) mass is 412 g/mol. The van der Waals surface area contributed by atoms with E-state index in [-0.39, 0.29) is 12.1 Å². The molecular weight excluding hydrogens is 392 g/mol. The summed E-state index contributed by atoms with van der Waals surface area (Å²) in [6.07, 6.45) is -0.382. The highest BCUT2D eigenvalue weighted by Gasteiger charge is 2.33. The molecule has 0 bridgehead atoms. The van der Waals surface area contributed by atoms with Crippen LogP contribution in [0.15, 0.2) is 115 Å². The number of esters is 1. The van der Waals surface area contributed by atoms with Gasteiger partial charge in [0.1, 0.15) is 0 Å². The average molecular weight is 412 g/mol. The summed E-state index contributed by atoms with van der Waals surface area (Å²) >= 11 is 0. The van der Waals surface area contributed by atoms with E-state index < -0.39 is 0 Å². The van der Waals surface area contributed by atoms with E-state index in [1.165, 1.54) is 0 Å². The van der Waals surface area contributed by atoms with Crippen LogP contribution in [0, 0.1) is 0 Å². The van der Waals surface area contributed by atoms with Gasteiger partial charge in [-0.15, -0.1) is 0 Å². The molecular formula is C30H20O2. The number of benzene rings is 5. The number of hydrogen-bond donors (Lipinski definition) is 0. The minimum Gasteiger partial charge on any atom is -0.449 e. The second-order valence-electron chi connectivity index (χ2n) is 8.07. The van der Waals surface area contributed by atoms with Gasteiger partial charge in [-0.1, -0.05) is 103 Å². The van der Waals surface area contributed by atoms with Gasteiger partial charge >= 0.3 is 5.97 Å². The van der Waals surface area contributed by atoms with Crippen molar-refractivity contribution in [1.82, 2.24) is 0 Å². The summed E-state index contributed by atoms with van der Waals surface area (Å²) in [4.78, 5) is 12.9. The van der Waals surface area contributed by atoms with Crippen molar-refractivity contribution in [1.29, 1.82) is 0 Å². The van der Waals surface area contributed by atoms with Gasteiger partial charge in [0.2, 0.25) is 0 Å². The van der Waals surface area contributed by atoms with Crippen LogP contribution in [0.4, 0.5) is 0 Å². The maximum atomic E-state index is 12.9. The number of hydrogen-bond acceptors (Lipinski definition) is 2. The Kier molecular flexibility index (Phi) is 4.36. The predicted octanol–water partition coefficient (Wildman–Crippen LogP) is 7.43. The first-order valence-corrected chi connectivity index (χ1v) is 10.8. The summed E-state index contributed by atoms with van der Waals surface area (Å²) in [5, 5.41) is 2.18. The third-order valence-electron chi connectivity index (χ3n) is 6.19. The quantitative estimate of drug-likeness (QED) is 0.288. The molecule has 2 nitrogen and oxygen atoms in total. The highest BCUT2D eigenvalue weighted by molar-refractivity contribution is 6.09. The third kappa shape index (κ3) is 3.00. The van der Waals surface area contributed by atoms with Crippen LogP contribution in [0.3, 0.4) is 0 Å². The lowest BCUT2D eigenvalue weighted by molar-refractivity contribution is 0.0456. The number of ether oxygens (including phenoxy) is 1. The van der Waals surface area contributed by atoms with E-state index in [2.05, 4.69) is 54.6 Å². The Labute approximate surface area is 186 Å². The maximum Gasteiger partial charge on any atom is 0.339 e. The van der Waals surface area contributed by atoms with Crippen molar-refractivity contribution in [2.75, 3.05) is 0 Å². The molecule has 5 aromatic rings. The summed E-state index contributed by atoms with van der Waals surface area (Å²) in [5.74, 6) is -0.264. The molecule has 2 heteroatoms. The molecule has 32 heavy (non-hydrogen) atoms. The van der Waals surface area contributed by atoms with Crippen molar-refractivity contribution in [3.05, 3.63) is 132 Å². The molecule has 0 saturated heterocycles. The first kappa shape index (κ1) is 18.6. The molecule has 0 saturated carbocycles. The molecule has 0 spiro atoms. The highest BCUT2D eigenvalue weighted by atomic mass is 16.5. The molecule has 0 N–H and O–H groups in total. The molecule has 0 radical (unpaired) electrons. The Morgan fingerprint density at radius 2 is 1.03 bits per heavy atom. The first-order chi connectivity index (χ1) is 15.8. The molecule has 0 amide bonds. The zero-order valence-corrected chi connectivity index (χ0v) is 17.4. The van der Waals surface area contributed by atoms with Crippen LogP contribution in [0.5, 0.6) is 0 Å². The van der Waals surface area contributed by atoms with Gasteiger partial charge in [-0.25, -0.2) is 4.79 Å². The average Bonchev–Trinajstić information content (AvgIpc) is 3.19. The second-order valence-corrected chi connectivity index (χ2v) is 8.07.